The molecule has 0 unspecified atom stereocenters. The zero-order chi connectivity index (χ0) is 21.6. The fourth-order valence-electron chi connectivity index (χ4n) is 2.90. The van der Waals surface area contributed by atoms with Crippen LogP contribution in [0.4, 0.5) is 8.78 Å². The highest BCUT2D eigenvalue weighted by Gasteiger charge is 2.27. The van der Waals surface area contributed by atoms with Gasteiger partial charge in [-0.05, 0) is 49.2 Å². The van der Waals surface area contributed by atoms with E-state index in [-0.39, 0.29) is 23.8 Å². The van der Waals surface area contributed by atoms with E-state index in [2.05, 4.69) is 17.2 Å². The van der Waals surface area contributed by atoms with E-state index in [1.54, 1.807) is 0 Å². The lowest BCUT2D eigenvalue weighted by molar-refractivity contribution is 0.0958. The van der Waals surface area contributed by atoms with Crippen LogP contribution in [0.5, 0.6) is 5.75 Å². The Morgan fingerprint density at radius 2 is 1.77 bits per heavy atom. The van der Waals surface area contributed by atoms with Crippen LogP contribution in [0.25, 0.3) is 0 Å². The number of carbonyl (C=O) groups excluding carboxylic acids is 1. The number of sulfonamides is 1. The average Bonchev–Trinajstić information content (AvgIpc) is 3.27. The second-order valence-corrected chi connectivity index (χ2v) is 8.47. The van der Waals surface area contributed by atoms with Crippen molar-refractivity contribution in [2.24, 2.45) is 0 Å². The Kier molecular flexibility index (Phi) is 7.03. The lowest BCUT2D eigenvalue weighted by Crippen LogP contribution is -2.28. The summed E-state index contributed by atoms with van der Waals surface area (Å²) in [6, 6.07) is 8.69. The number of benzene rings is 2. The van der Waals surface area contributed by atoms with Crippen molar-refractivity contribution in [3.63, 3.8) is 0 Å². The number of hydrogen-bond donors (Lipinski definition) is 1. The maximum atomic E-state index is 13.4. The Labute approximate surface area is 173 Å². The minimum atomic E-state index is -3.52. The fourth-order valence-corrected chi connectivity index (χ4v) is 4.42. The number of nitrogens with one attached hydrogen (secondary N) is 1. The quantitative estimate of drug-likeness (QED) is 0.709. The van der Waals surface area contributed by atoms with Crippen LogP contribution in [0.15, 0.2) is 47.4 Å². The van der Waals surface area contributed by atoms with Gasteiger partial charge in [-0.25, -0.2) is 17.2 Å². The molecule has 1 N–H and O–H groups in total. The topological polar surface area (TPSA) is 75.7 Å². The van der Waals surface area contributed by atoms with Crippen LogP contribution in [-0.2, 0) is 10.0 Å². The molecule has 2 aromatic carbocycles. The highest BCUT2D eigenvalue weighted by molar-refractivity contribution is 7.89. The normalized spacial score (nSPS) is 14.1. The molecule has 1 fully saturated rings. The number of amides is 1. The molecule has 1 aliphatic heterocycles. The molecule has 1 heterocycles. The van der Waals surface area contributed by atoms with E-state index in [0.29, 0.717) is 24.7 Å². The molecule has 158 valence electrons. The predicted molar refractivity (Wildman–Crippen MR) is 106 cm³/mol. The Hall–Kier alpha value is -2.96. The van der Waals surface area contributed by atoms with Crippen molar-refractivity contribution in [1.29, 1.82) is 0 Å². The molecule has 1 amide bonds. The third-order valence-electron chi connectivity index (χ3n) is 4.48. The molecule has 0 aliphatic carbocycles. The number of hydrogen-bond acceptors (Lipinski definition) is 4. The van der Waals surface area contributed by atoms with Crippen molar-refractivity contribution in [3.8, 4) is 17.6 Å². The van der Waals surface area contributed by atoms with Gasteiger partial charge in [0.15, 0.2) is 11.6 Å². The standard InChI is InChI=1S/C21H20F2N2O4S/c22-17-7-10-20(19(23)15-17)29-14-4-1-11-24-21(26)16-5-8-18(9-6-16)30(27,28)25-12-2-3-13-25/h5-10,15H,2-3,11-14H2,(H,24,26). The van der Waals surface area contributed by atoms with Gasteiger partial charge in [-0.2, -0.15) is 4.31 Å². The third-order valence-corrected chi connectivity index (χ3v) is 6.39. The first-order chi connectivity index (χ1) is 14.4. The minimum Gasteiger partial charge on any atom is -0.478 e. The predicted octanol–water partition coefficient (Wildman–Crippen LogP) is 2.56. The van der Waals surface area contributed by atoms with Crippen LogP contribution in [0.2, 0.25) is 0 Å². The Morgan fingerprint density at radius 3 is 2.43 bits per heavy atom. The maximum Gasteiger partial charge on any atom is 0.252 e. The summed E-state index contributed by atoms with van der Waals surface area (Å²) < 4.78 is 57.7. The highest BCUT2D eigenvalue weighted by atomic mass is 32.2. The third kappa shape index (κ3) is 5.34. The molecule has 2 aromatic rings. The van der Waals surface area contributed by atoms with E-state index < -0.39 is 27.6 Å². The number of halogens is 2. The van der Waals surface area contributed by atoms with Gasteiger partial charge in [-0.15, -0.1) is 0 Å². The zero-order valence-electron chi connectivity index (χ0n) is 16.0. The average molecular weight is 434 g/mol. The molecular weight excluding hydrogens is 414 g/mol. The lowest BCUT2D eigenvalue weighted by atomic mass is 10.2. The summed E-state index contributed by atoms with van der Waals surface area (Å²) in [6.07, 6.45) is 1.70. The molecule has 1 saturated heterocycles. The monoisotopic (exact) mass is 434 g/mol. The van der Waals surface area contributed by atoms with Crippen molar-refractivity contribution in [3.05, 3.63) is 59.7 Å². The van der Waals surface area contributed by atoms with Crippen LogP contribution in [0, 0.1) is 23.5 Å². The van der Waals surface area contributed by atoms with Gasteiger partial charge in [0.05, 0.1) is 11.4 Å². The summed E-state index contributed by atoms with van der Waals surface area (Å²) in [4.78, 5) is 12.3. The highest BCUT2D eigenvalue weighted by Crippen LogP contribution is 2.21. The minimum absolute atomic E-state index is 0.0297. The first-order valence-electron chi connectivity index (χ1n) is 9.30. The van der Waals surface area contributed by atoms with E-state index in [4.69, 9.17) is 4.74 Å². The van der Waals surface area contributed by atoms with Crippen LogP contribution in [-0.4, -0.2) is 44.9 Å². The molecular formula is C21H20F2N2O4S. The number of rotatable bonds is 6. The first kappa shape index (κ1) is 21.7. The second-order valence-electron chi connectivity index (χ2n) is 6.54. The Balaban J connectivity index is 1.48. The van der Waals surface area contributed by atoms with Gasteiger partial charge in [0.2, 0.25) is 10.0 Å². The summed E-state index contributed by atoms with van der Waals surface area (Å²) in [5.74, 6) is 3.23. The van der Waals surface area contributed by atoms with Crippen molar-refractivity contribution in [2.45, 2.75) is 17.7 Å². The molecule has 3 rings (SSSR count). The van der Waals surface area contributed by atoms with Crippen LogP contribution < -0.4 is 10.1 Å². The molecule has 30 heavy (non-hydrogen) atoms. The number of nitrogens with zero attached hydrogens (tertiary/aromatic N) is 1. The zero-order valence-corrected chi connectivity index (χ0v) is 16.8. The maximum absolute atomic E-state index is 13.4. The van der Waals surface area contributed by atoms with Crippen LogP contribution in [0.3, 0.4) is 0 Å². The van der Waals surface area contributed by atoms with E-state index >= 15 is 0 Å². The van der Waals surface area contributed by atoms with Gasteiger partial charge in [0.25, 0.3) is 5.91 Å². The van der Waals surface area contributed by atoms with Crippen LogP contribution in [0.1, 0.15) is 23.2 Å². The van der Waals surface area contributed by atoms with Gasteiger partial charge < -0.3 is 10.1 Å². The van der Waals surface area contributed by atoms with Gasteiger partial charge in [-0.3, -0.25) is 4.79 Å². The molecule has 1 aliphatic rings. The van der Waals surface area contributed by atoms with E-state index in [1.165, 1.54) is 34.6 Å². The lowest BCUT2D eigenvalue weighted by Gasteiger charge is -2.15. The van der Waals surface area contributed by atoms with Crippen molar-refractivity contribution >= 4 is 15.9 Å². The largest absolute Gasteiger partial charge is 0.478 e. The molecule has 6 nitrogen and oxygen atoms in total. The van der Waals surface area contributed by atoms with Gasteiger partial charge in [0.1, 0.15) is 12.4 Å². The number of ether oxygens (including phenoxy) is 1. The fraction of sp³-hybridized carbons (Fsp3) is 0.286. The van der Waals surface area contributed by atoms with Crippen LogP contribution >= 0.6 is 0 Å². The summed E-state index contributed by atoms with van der Waals surface area (Å²) >= 11 is 0. The summed E-state index contributed by atoms with van der Waals surface area (Å²) in [5, 5.41) is 2.58. The van der Waals surface area contributed by atoms with Crippen molar-refractivity contribution < 1.29 is 26.7 Å². The second kappa shape index (κ2) is 9.69. The smallest absolute Gasteiger partial charge is 0.252 e. The Bertz CT molecular complexity index is 1070. The van der Waals surface area contributed by atoms with E-state index in [0.717, 1.165) is 18.9 Å². The molecule has 0 saturated carbocycles. The van der Waals surface area contributed by atoms with E-state index in [9.17, 15) is 22.0 Å². The molecule has 0 spiro atoms. The summed E-state index contributed by atoms with van der Waals surface area (Å²) in [6.45, 7) is 0.935. The molecule has 9 heteroatoms. The van der Waals surface area contributed by atoms with Gasteiger partial charge in [-0.1, -0.05) is 11.8 Å². The molecule has 0 atom stereocenters. The first-order valence-corrected chi connectivity index (χ1v) is 10.7. The van der Waals surface area contributed by atoms with Crippen molar-refractivity contribution in [2.75, 3.05) is 26.2 Å². The molecule has 0 aromatic heterocycles. The van der Waals surface area contributed by atoms with Gasteiger partial charge in [0, 0.05) is 24.7 Å². The summed E-state index contributed by atoms with van der Waals surface area (Å²) in [7, 11) is -3.52. The Morgan fingerprint density at radius 1 is 1.07 bits per heavy atom. The number of carbonyl (C=O) groups is 1. The molecule has 0 radical (unpaired) electrons. The SMILES string of the molecule is O=C(NCC#CCOc1ccc(F)cc1F)c1ccc(S(=O)(=O)N2CCCC2)cc1. The van der Waals surface area contributed by atoms with Crippen molar-refractivity contribution in [1.82, 2.24) is 9.62 Å². The van der Waals surface area contributed by atoms with Gasteiger partial charge >= 0.3 is 0 Å². The molecule has 0 bridgehead atoms. The van der Waals surface area contributed by atoms with E-state index in [1.807, 2.05) is 0 Å². The summed E-state index contributed by atoms with van der Waals surface area (Å²) in [5.41, 5.74) is 0.307.